The van der Waals surface area contributed by atoms with Crippen molar-refractivity contribution < 1.29 is 38.1 Å². The normalized spacial score (nSPS) is 14.1. The maximum Gasteiger partial charge on any atom is 0.330 e. The van der Waals surface area contributed by atoms with Crippen molar-refractivity contribution in [2.45, 2.75) is 91.3 Å². The van der Waals surface area contributed by atoms with Gasteiger partial charge in [-0.05, 0) is 51.4 Å². The summed E-state index contributed by atoms with van der Waals surface area (Å²) >= 11 is 0. The molecule has 0 heterocycles. The molecule has 0 rings (SSSR count). The third kappa shape index (κ3) is 12.0. The minimum atomic E-state index is -0.549. The van der Waals surface area contributed by atoms with Crippen LogP contribution in [0, 0.1) is 11.8 Å². The predicted octanol–water partition coefficient (Wildman–Crippen LogP) is 4.70. The van der Waals surface area contributed by atoms with E-state index in [9.17, 15) is 19.2 Å². The second-order valence-electron chi connectivity index (χ2n) is 7.95. The Morgan fingerprint density at radius 1 is 0.618 bits per heavy atom. The van der Waals surface area contributed by atoms with E-state index in [0.29, 0.717) is 38.5 Å². The quantitative estimate of drug-likeness (QED) is 0.113. The fourth-order valence-corrected chi connectivity index (χ4v) is 3.57. The van der Waals surface area contributed by atoms with E-state index in [1.165, 1.54) is 0 Å². The Morgan fingerprint density at radius 3 is 1.24 bits per heavy atom. The van der Waals surface area contributed by atoms with Gasteiger partial charge in [-0.15, -0.1) is 0 Å². The molecule has 0 radical (unpaired) electrons. The summed E-state index contributed by atoms with van der Waals surface area (Å²) in [6, 6.07) is 0. The Kier molecular flexibility index (Phi) is 17.3. The standard InChI is InChI=1S/C26H42O8/c1-7-19(21(9-3)33-23(27)11-5)25(29)31-17-15-13-14-16-18-32-26(30)20(8-2)22(10-4)34-24(28)12-6/h11-12,19-22H,5-10,13-18H2,1-4H3. The average Bonchev–Trinajstić information content (AvgIpc) is 2.84. The summed E-state index contributed by atoms with van der Waals surface area (Å²) in [6.07, 6.45) is 6.16. The summed E-state index contributed by atoms with van der Waals surface area (Å²) in [7, 11) is 0. The molecule has 0 spiro atoms. The molecule has 0 aliphatic rings. The zero-order valence-corrected chi connectivity index (χ0v) is 21.2. The Labute approximate surface area is 204 Å². The first-order valence-corrected chi connectivity index (χ1v) is 12.3. The van der Waals surface area contributed by atoms with Crippen LogP contribution >= 0.6 is 0 Å². The van der Waals surface area contributed by atoms with Crippen LogP contribution in [-0.2, 0) is 38.1 Å². The van der Waals surface area contributed by atoms with Crippen molar-refractivity contribution in [3.63, 3.8) is 0 Å². The van der Waals surface area contributed by atoms with E-state index in [2.05, 4.69) is 13.2 Å². The second-order valence-corrected chi connectivity index (χ2v) is 7.95. The summed E-state index contributed by atoms with van der Waals surface area (Å²) in [4.78, 5) is 47.7. The Morgan fingerprint density at radius 2 is 0.971 bits per heavy atom. The zero-order chi connectivity index (χ0) is 25.9. The summed E-state index contributed by atoms with van der Waals surface area (Å²) in [5.74, 6) is -2.84. The fraction of sp³-hybridized carbons (Fsp3) is 0.692. The Hall–Kier alpha value is -2.64. The van der Waals surface area contributed by atoms with E-state index in [1.54, 1.807) is 0 Å². The van der Waals surface area contributed by atoms with Gasteiger partial charge in [-0.25, -0.2) is 9.59 Å². The summed E-state index contributed by atoms with van der Waals surface area (Å²) < 4.78 is 21.3. The summed E-state index contributed by atoms with van der Waals surface area (Å²) in [5.41, 5.74) is 0. The highest BCUT2D eigenvalue weighted by Crippen LogP contribution is 2.19. The van der Waals surface area contributed by atoms with E-state index in [0.717, 1.165) is 25.0 Å². The van der Waals surface area contributed by atoms with Crippen LogP contribution in [0.25, 0.3) is 0 Å². The molecule has 8 nitrogen and oxygen atoms in total. The lowest BCUT2D eigenvalue weighted by Gasteiger charge is -2.23. The molecule has 4 unspecified atom stereocenters. The van der Waals surface area contributed by atoms with Gasteiger partial charge in [-0.1, -0.05) is 40.9 Å². The van der Waals surface area contributed by atoms with Gasteiger partial charge >= 0.3 is 23.9 Å². The second kappa shape index (κ2) is 18.7. The zero-order valence-electron chi connectivity index (χ0n) is 21.2. The van der Waals surface area contributed by atoms with Gasteiger partial charge in [0.2, 0.25) is 0 Å². The molecule has 0 saturated carbocycles. The number of hydrogen-bond donors (Lipinski definition) is 0. The van der Waals surface area contributed by atoms with E-state index in [-0.39, 0.29) is 25.2 Å². The topological polar surface area (TPSA) is 105 Å². The first kappa shape index (κ1) is 31.4. The van der Waals surface area contributed by atoms with Crippen molar-refractivity contribution in [1.82, 2.24) is 0 Å². The summed E-state index contributed by atoms with van der Waals surface area (Å²) in [6.45, 7) is 14.7. The third-order valence-corrected chi connectivity index (χ3v) is 5.58. The monoisotopic (exact) mass is 482 g/mol. The van der Waals surface area contributed by atoms with Crippen molar-refractivity contribution >= 4 is 23.9 Å². The number of carbonyl (C=O) groups excluding carboxylic acids is 4. The molecule has 4 atom stereocenters. The highest BCUT2D eigenvalue weighted by molar-refractivity contribution is 5.82. The van der Waals surface area contributed by atoms with Gasteiger partial charge in [0, 0.05) is 12.2 Å². The third-order valence-electron chi connectivity index (χ3n) is 5.58. The van der Waals surface area contributed by atoms with Crippen LogP contribution in [0.4, 0.5) is 0 Å². The summed E-state index contributed by atoms with van der Waals surface area (Å²) in [5, 5.41) is 0. The maximum atomic E-state index is 12.4. The van der Waals surface area contributed by atoms with E-state index >= 15 is 0 Å². The van der Waals surface area contributed by atoms with Crippen LogP contribution < -0.4 is 0 Å². The molecular formula is C26H42O8. The maximum absolute atomic E-state index is 12.4. The first-order chi connectivity index (χ1) is 16.3. The van der Waals surface area contributed by atoms with Gasteiger partial charge < -0.3 is 18.9 Å². The number of ether oxygens (including phenoxy) is 4. The molecule has 0 aromatic carbocycles. The van der Waals surface area contributed by atoms with Crippen LogP contribution in [0.1, 0.15) is 79.1 Å². The molecule has 0 N–H and O–H groups in total. The number of unbranched alkanes of at least 4 members (excludes halogenated alkanes) is 3. The minimum Gasteiger partial charge on any atom is -0.465 e. The molecule has 0 amide bonds. The average molecular weight is 483 g/mol. The lowest BCUT2D eigenvalue weighted by molar-refractivity contribution is -0.161. The SMILES string of the molecule is C=CC(=O)OC(CC)C(CC)C(=O)OCCCCCCOC(=O)C(CC)C(CC)OC(=O)C=C. The molecule has 34 heavy (non-hydrogen) atoms. The van der Waals surface area contributed by atoms with Crippen LogP contribution in [0.3, 0.4) is 0 Å². The molecule has 0 aliphatic heterocycles. The number of rotatable bonds is 19. The van der Waals surface area contributed by atoms with Gasteiger partial charge in [0.05, 0.1) is 25.0 Å². The predicted molar refractivity (Wildman–Crippen MR) is 129 cm³/mol. The van der Waals surface area contributed by atoms with Crippen LogP contribution in [0.5, 0.6) is 0 Å². The van der Waals surface area contributed by atoms with Gasteiger partial charge in [-0.3, -0.25) is 9.59 Å². The molecular weight excluding hydrogens is 440 g/mol. The molecule has 0 fully saturated rings. The lowest BCUT2D eigenvalue weighted by Crippen LogP contribution is -2.33. The van der Waals surface area contributed by atoms with Crippen molar-refractivity contribution in [3.05, 3.63) is 25.3 Å². The van der Waals surface area contributed by atoms with E-state index < -0.39 is 36.0 Å². The fourth-order valence-electron chi connectivity index (χ4n) is 3.57. The van der Waals surface area contributed by atoms with E-state index in [4.69, 9.17) is 18.9 Å². The Bertz CT molecular complexity index is 601. The highest BCUT2D eigenvalue weighted by atomic mass is 16.6. The van der Waals surface area contributed by atoms with Crippen molar-refractivity contribution in [2.75, 3.05) is 13.2 Å². The van der Waals surface area contributed by atoms with Crippen molar-refractivity contribution in [1.29, 1.82) is 0 Å². The van der Waals surface area contributed by atoms with Gasteiger partial charge in [0.1, 0.15) is 12.2 Å². The molecule has 8 heteroatoms. The molecule has 0 aliphatic carbocycles. The van der Waals surface area contributed by atoms with E-state index in [1.807, 2.05) is 27.7 Å². The van der Waals surface area contributed by atoms with Gasteiger partial charge in [-0.2, -0.15) is 0 Å². The smallest absolute Gasteiger partial charge is 0.330 e. The lowest BCUT2D eigenvalue weighted by atomic mass is 9.97. The Balaban J connectivity index is 4.23. The molecule has 0 aromatic rings. The van der Waals surface area contributed by atoms with Crippen LogP contribution in [0.15, 0.2) is 25.3 Å². The van der Waals surface area contributed by atoms with Crippen LogP contribution in [0.2, 0.25) is 0 Å². The molecule has 0 bridgehead atoms. The van der Waals surface area contributed by atoms with Gasteiger partial charge in [0.15, 0.2) is 0 Å². The van der Waals surface area contributed by atoms with Crippen molar-refractivity contribution in [3.8, 4) is 0 Å². The molecule has 194 valence electrons. The number of carbonyl (C=O) groups is 4. The highest BCUT2D eigenvalue weighted by Gasteiger charge is 2.30. The van der Waals surface area contributed by atoms with Crippen molar-refractivity contribution in [2.24, 2.45) is 11.8 Å². The first-order valence-electron chi connectivity index (χ1n) is 12.3. The largest absolute Gasteiger partial charge is 0.465 e. The molecule has 0 aromatic heterocycles. The van der Waals surface area contributed by atoms with Crippen LogP contribution in [-0.4, -0.2) is 49.3 Å². The van der Waals surface area contributed by atoms with Gasteiger partial charge in [0.25, 0.3) is 0 Å². The molecule has 0 saturated heterocycles. The minimum absolute atomic E-state index is 0.283. The number of esters is 4. The number of hydrogen-bond acceptors (Lipinski definition) is 8.